The van der Waals surface area contributed by atoms with E-state index in [1.807, 2.05) is 36.4 Å². The summed E-state index contributed by atoms with van der Waals surface area (Å²) in [7, 11) is -4.25. The number of rotatable bonds is 5. The molecule has 2 rings (SSSR count). The largest absolute Gasteiger partial charge is 0.326 e. The molecule has 2 aromatic carbocycles. The summed E-state index contributed by atoms with van der Waals surface area (Å²) in [5, 5.41) is 0. The van der Waals surface area contributed by atoms with Crippen molar-refractivity contribution in [3.05, 3.63) is 60.7 Å². The first-order chi connectivity index (χ1) is 10.4. The number of para-hydroxylation sites is 2. The van der Waals surface area contributed by atoms with Crippen LogP contribution < -0.4 is 4.90 Å². The van der Waals surface area contributed by atoms with Crippen LogP contribution in [0.2, 0.25) is 0 Å². The van der Waals surface area contributed by atoms with Crippen molar-refractivity contribution in [1.82, 2.24) is 0 Å². The van der Waals surface area contributed by atoms with Crippen LogP contribution in [0.25, 0.3) is 0 Å². The van der Waals surface area contributed by atoms with Crippen molar-refractivity contribution in [1.29, 1.82) is 0 Å². The van der Waals surface area contributed by atoms with Crippen LogP contribution in [0.1, 0.15) is 6.92 Å². The molecule has 0 heterocycles. The van der Waals surface area contributed by atoms with Crippen molar-refractivity contribution in [2.75, 3.05) is 11.1 Å². The van der Waals surface area contributed by atoms with E-state index in [0.717, 1.165) is 0 Å². The van der Waals surface area contributed by atoms with E-state index in [-0.39, 0.29) is 5.91 Å². The summed E-state index contributed by atoms with van der Waals surface area (Å²) >= 11 is 0. The lowest BCUT2D eigenvalue weighted by Crippen LogP contribution is -2.32. The first-order valence-electron chi connectivity index (χ1n) is 6.87. The molecule has 22 heavy (non-hydrogen) atoms. The molecule has 0 saturated carbocycles. The predicted molar refractivity (Wildman–Crippen MR) is 86.1 cm³/mol. The third-order valence-electron chi connectivity index (χ3n) is 3.18. The Balaban J connectivity index is 2.37. The number of hydrogen-bond donors (Lipinski definition) is 2. The highest BCUT2D eigenvalue weighted by molar-refractivity contribution is 7.51. The second-order valence-electron chi connectivity index (χ2n) is 5.09. The molecule has 0 fully saturated rings. The molecule has 116 valence electrons. The van der Waals surface area contributed by atoms with Gasteiger partial charge < -0.3 is 9.79 Å². The van der Waals surface area contributed by atoms with Gasteiger partial charge in [-0.05, 0) is 24.3 Å². The van der Waals surface area contributed by atoms with Crippen molar-refractivity contribution in [3.8, 4) is 0 Å². The van der Waals surface area contributed by atoms with E-state index >= 15 is 0 Å². The molecule has 0 radical (unpaired) electrons. The minimum atomic E-state index is -4.25. The number of anilines is 2. The molecule has 1 atom stereocenters. The van der Waals surface area contributed by atoms with Gasteiger partial charge in [0.2, 0.25) is 5.91 Å². The van der Waals surface area contributed by atoms with Gasteiger partial charge in [0.1, 0.15) is 0 Å². The van der Waals surface area contributed by atoms with Gasteiger partial charge in [-0.15, -0.1) is 0 Å². The maximum Gasteiger partial charge on any atom is 0.326 e. The van der Waals surface area contributed by atoms with Crippen LogP contribution in [-0.4, -0.2) is 21.9 Å². The maximum absolute atomic E-state index is 12.7. The Morgan fingerprint density at radius 3 is 1.77 bits per heavy atom. The van der Waals surface area contributed by atoms with E-state index in [0.29, 0.717) is 11.4 Å². The number of carbonyl (C=O) groups excluding carboxylic acids is 1. The average Bonchev–Trinajstić information content (AvgIpc) is 2.48. The molecule has 5 nitrogen and oxygen atoms in total. The lowest BCUT2D eigenvalue weighted by atomic mass is 10.1. The fourth-order valence-corrected chi connectivity index (χ4v) is 3.08. The lowest BCUT2D eigenvalue weighted by molar-refractivity contribution is -0.120. The summed E-state index contributed by atoms with van der Waals surface area (Å²) in [6.07, 6.45) is -0.470. The van der Waals surface area contributed by atoms with Gasteiger partial charge in [-0.2, -0.15) is 0 Å². The minimum absolute atomic E-state index is 0.347. The van der Waals surface area contributed by atoms with Gasteiger partial charge in [0.15, 0.2) is 0 Å². The smallest absolute Gasteiger partial charge is 0.324 e. The highest BCUT2D eigenvalue weighted by atomic mass is 31.2. The summed E-state index contributed by atoms with van der Waals surface area (Å²) in [5.74, 6) is -1.14. The van der Waals surface area contributed by atoms with Crippen LogP contribution in [0.3, 0.4) is 0 Å². The van der Waals surface area contributed by atoms with Crippen molar-refractivity contribution in [2.45, 2.75) is 6.92 Å². The fourth-order valence-electron chi connectivity index (χ4n) is 2.21. The van der Waals surface area contributed by atoms with E-state index in [4.69, 9.17) is 9.79 Å². The van der Waals surface area contributed by atoms with Crippen molar-refractivity contribution in [2.24, 2.45) is 5.92 Å². The standard InChI is InChI=1S/C16H18NO4P/c1-13(12-22(19,20)21)16(18)17(14-8-4-2-5-9-14)15-10-6-3-7-11-15/h2-11,13H,12H2,1H3,(H2,19,20,21). The summed E-state index contributed by atoms with van der Waals surface area (Å²) < 4.78 is 11.2. The molecule has 0 saturated heterocycles. The first-order valence-corrected chi connectivity index (χ1v) is 8.67. The van der Waals surface area contributed by atoms with E-state index < -0.39 is 19.7 Å². The average molecular weight is 319 g/mol. The normalized spacial score (nSPS) is 12.7. The molecule has 1 unspecified atom stereocenters. The fraction of sp³-hybridized carbons (Fsp3) is 0.188. The van der Waals surface area contributed by atoms with E-state index in [9.17, 15) is 9.36 Å². The quantitative estimate of drug-likeness (QED) is 0.830. The van der Waals surface area contributed by atoms with Gasteiger partial charge in [0.05, 0.1) is 6.16 Å². The molecule has 2 N–H and O–H groups in total. The summed E-state index contributed by atoms with van der Waals surface area (Å²) in [6, 6.07) is 18.1. The van der Waals surface area contributed by atoms with Crippen LogP contribution in [0, 0.1) is 5.92 Å². The minimum Gasteiger partial charge on any atom is -0.324 e. The summed E-state index contributed by atoms with van der Waals surface area (Å²) in [4.78, 5) is 32.4. The van der Waals surface area contributed by atoms with Crippen molar-refractivity contribution in [3.63, 3.8) is 0 Å². The van der Waals surface area contributed by atoms with Gasteiger partial charge in [0, 0.05) is 17.3 Å². The van der Waals surface area contributed by atoms with Crippen LogP contribution in [-0.2, 0) is 9.36 Å². The maximum atomic E-state index is 12.7. The zero-order valence-corrected chi connectivity index (χ0v) is 13.1. The van der Waals surface area contributed by atoms with Crippen LogP contribution >= 0.6 is 7.60 Å². The van der Waals surface area contributed by atoms with Gasteiger partial charge in [-0.25, -0.2) is 0 Å². The molecule has 0 aliphatic carbocycles. The van der Waals surface area contributed by atoms with Crippen LogP contribution in [0.4, 0.5) is 11.4 Å². The predicted octanol–water partition coefficient (Wildman–Crippen LogP) is 3.17. The highest BCUT2D eigenvalue weighted by Gasteiger charge is 2.28. The Bertz CT molecular complexity index is 630. The number of nitrogens with zero attached hydrogens (tertiary/aromatic N) is 1. The van der Waals surface area contributed by atoms with Gasteiger partial charge in [0.25, 0.3) is 0 Å². The highest BCUT2D eigenvalue weighted by Crippen LogP contribution is 2.38. The topological polar surface area (TPSA) is 77.8 Å². The molecule has 0 aliphatic rings. The molecular formula is C16H18NO4P. The zero-order chi connectivity index (χ0) is 16.2. The SMILES string of the molecule is CC(CP(=O)(O)O)C(=O)N(c1ccccc1)c1ccccc1. The number of hydrogen-bond acceptors (Lipinski definition) is 2. The monoisotopic (exact) mass is 319 g/mol. The Kier molecular flexibility index (Phi) is 5.14. The molecule has 0 aliphatic heterocycles. The molecule has 2 aromatic rings. The summed E-state index contributed by atoms with van der Waals surface area (Å²) in [6.45, 7) is 1.53. The Morgan fingerprint density at radius 1 is 1.00 bits per heavy atom. The molecular weight excluding hydrogens is 301 g/mol. The van der Waals surface area contributed by atoms with E-state index in [1.165, 1.54) is 11.8 Å². The lowest BCUT2D eigenvalue weighted by Gasteiger charge is -2.26. The second kappa shape index (κ2) is 6.88. The Hall–Kier alpha value is -1.94. The first kappa shape index (κ1) is 16.4. The van der Waals surface area contributed by atoms with Gasteiger partial charge in [-0.1, -0.05) is 43.3 Å². The second-order valence-corrected chi connectivity index (χ2v) is 6.79. The Morgan fingerprint density at radius 2 is 1.41 bits per heavy atom. The molecule has 0 spiro atoms. The van der Waals surface area contributed by atoms with Crippen molar-refractivity contribution < 1.29 is 19.1 Å². The summed E-state index contributed by atoms with van der Waals surface area (Å²) in [5.41, 5.74) is 1.33. The molecule has 0 bridgehead atoms. The third kappa shape index (κ3) is 4.28. The molecule has 1 amide bonds. The molecule has 6 heteroatoms. The third-order valence-corrected chi connectivity index (χ3v) is 4.21. The van der Waals surface area contributed by atoms with Gasteiger partial charge >= 0.3 is 7.60 Å². The van der Waals surface area contributed by atoms with Crippen molar-refractivity contribution >= 4 is 24.9 Å². The van der Waals surface area contributed by atoms with E-state index in [1.54, 1.807) is 24.3 Å². The van der Waals surface area contributed by atoms with Crippen LogP contribution in [0.15, 0.2) is 60.7 Å². The van der Waals surface area contributed by atoms with Crippen LogP contribution in [0.5, 0.6) is 0 Å². The van der Waals surface area contributed by atoms with Gasteiger partial charge in [-0.3, -0.25) is 14.3 Å². The number of benzene rings is 2. The number of amides is 1. The van der Waals surface area contributed by atoms with E-state index in [2.05, 4.69) is 0 Å². The zero-order valence-electron chi connectivity index (χ0n) is 12.2. The molecule has 0 aromatic heterocycles. The number of carbonyl (C=O) groups is 1. The Labute approximate surface area is 129 Å².